The van der Waals surface area contributed by atoms with Crippen LogP contribution >= 0.6 is 0 Å². The highest BCUT2D eigenvalue weighted by Gasteiger charge is 2.41. The Balaban J connectivity index is 1.85. The molecule has 3 amide bonds. The molecule has 33 heavy (non-hydrogen) atoms. The van der Waals surface area contributed by atoms with Crippen LogP contribution in [-0.2, 0) is 19.1 Å². The fraction of sp³-hybridized carbons (Fsp3) is 0.550. The number of ether oxygens (including phenoxy) is 1. The van der Waals surface area contributed by atoms with Gasteiger partial charge in [0.05, 0.1) is 13.2 Å². The van der Waals surface area contributed by atoms with Crippen molar-refractivity contribution in [3.63, 3.8) is 0 Å². The van der Waals surface area contributed by atoms with Gasteiger partial charge in [0.15, 0.2) is 6.04 Å². The third kappa shape index (κ3) is 6.60. The smallest absolute Gasteiger partial charge is 0.370 e. The third-order valence-electron chi connectivity index (χ3n) is 5.28. The Morgan fingerprint density at radius 1 is 1.27 bits per heavy atom. The molecule has 1 saturated carbocycles. The lowest BCUT2D eigenvalue weighted by atomic mass is 10.1. The summed E-state index contributed by atoms with van der Waals surface area (Å²) in [5.74, 6) is -3.12. The van der Waals surface area contributed by atoms with Crippen molar-refractivity contribution in [2.24, 2.45) is 11.7 Å². The summed E-state index contributed by atoms with van der Waals surface area (Å²) in [5, 5.41) is 2.12. The molecule has 0 bridgehead atoms. The van der Waals surface area contributed by atoms with Crippen LogP contribution in [0.5, 0.6) is 0 Å². The monoisotopic (exact) mass is 478 g/mol. The number of primary amides is 1. The van der Waals surface area contributed by atoms with E-state index in [0.29, 0.717) is 17.7 Å². The van der Waals surface area contributed by atoms with Crippen molar-refractivity contribution >= 4 is 29.1 Å². The average molecular weight is 478 g/mol. The first-order chi connectivity index (χ1) is 15.5. The lowest BCUT2D eigenvalue weighted by Crippen LogP contribution is -2.55. The van der Waals surface area contributed by atoms with Gasteiger partial charge in [0.2, 0.25) is 5.91 Å². The van der Waals surface area contributed by atoms with E-state index < -0.39 is 54.2 Å². The number of amides is 3. The van der Waals surface area contributed by atoms with Gasteiger partial charge < -0.3 is 20.7 Å². The topological polar surface area (TPSA) is 105 Å². The van der Waals surface area contributed by atoms with E-state index in [0.717, 1.165) is 12.1 Å². The lowest BCUT2D eigenvalue weighted by molar-refractivity contribution is -0.157. The number of carbonyl (C=O) groups is 3. The highest BCUT2D eigenvalue weighted by molar-refractivity contribution is 6.10. The SMILES string of the molecule is NC(=O)[C@@H](C(=O)Nc1ccc(N2CCOCC2=O)cc1C(F)F)N(CC1CC1)CC(F)(F)F. The summed E-state index contributed by atoms with van der Waals surface area (Å²) in [5.41, 5.74) is 4.32. The molecule has 3 rings (SSSR count). The highest BCUT2D eigenvalue weighted by Crippen LogP contribution is 2.34. The van der Waals surface area contributed by atoms with Crippen molar-refractivity contribution in [2.75, 3.05) is 43.1 Å². The molecule has 182 valence electrons. The first-order valence-corrected chi connectivity index (χ1v) is 10.2. The van der Waals surface area contributed by atoms with E-state index >= 15 is 0 Å². The molecule has 0 aromatic heterocycles. The second-order valence-electron chi connectivity index (χ2n) is 7.95. The van der Waals surface area contributed by atoms with Gasteiger partial charge in [0.25, 0.3) is 18.2 Å². The number of nitrogens with one attached hydrogen (secondary N) is 1. The number of hydrogen-bond acceptors (Lipinski definition) is 5. The maximum Gasteiger partial charge on any atom is 0.401 e. The van der Waals surface area contributed by atoms with Gasteiger partial charge in [0, 0.05) is 30.0 Å². The van der Waals surface area contributed by atoms with Crippen molar-refractivity contribution in [1.82, 2.24) is 4.90 Å². The number of benzene rings is 1. The molecule has 1 aliphatic heterocycles. The second-order valence-corrected chi connectivity index (χ2v) is 7.95. The number of nitrogens with zero attached hydrogens (tertiary/aromatic N) is 2. The van der Waals surface area contributed by atoms with Crippen LogP contribution in [0.25, 0.3) is 0 Å². The predicted molar refractivity (Wildman–Crippen MR) is 107 cm³/mol. The van der Waals surface area contributed by atoms with Gasteiger partial charge in [-0.15, -0.1) is 0 Å². The number of rotatable bonds is 9. The molecule has 1 aromatic carbocycles. The first kappa shape index (κ1) is 24.8. The molecule has 2 fully saturated rings. The summed E-state index contributed by atoms with van der Waals surface area (Å²) in [6.45, 7) is -1.58. The standard InChI is InChI=1S/C20H23F5N4O4/c21-17(22)13-7-12(29-5-6-33-9-15(29)30)3-4-14(13)27-19(32)16(18(26)31)28(8-11-1-2-11)10-20(23,24)25/h3-4,7,11,16-17H,1-2,5-6,8-10H2,(H2,26,31)(H,27,32)/t16-/m0/s1. The molecule has 0 unspecified atom stereocenters. The summed E-state index contributed by atoms with van der Waals surface area (Å²) in [6, 6.07) is 1.41. The Morgan fingerprint density at radius 3 is 2.52 bits per heavy atom. The number of anilines is 2. The van der Waals surface area contributed by atoms with E-state index in [1.165, 1.54) is 11.0 Å². The molecule has 8 nitrogen and oxygen atoms in total. The van der Waals surface area contributed by atoms with Crippen LogP contribution < -0.4 is 16.0 Å². The Kier molecular flexibility index (Phi) is 7.52. The maximum absolute atomic E-state index is 13.7. The summed E-state index contributed by atoms with van der Waals surface area (Å²) < 4.78 is 71.6. The van der Waals surface area contributed by atoms with E-state index in [-0.39, 0.29) is 37.9 Å². The Bertz CT molecular complexity index is 907. The molecule has 13 heteroatoms. The number of hydrogen-bond donors (Lipinski definition) is 2. The molecular weight excluding hydrogens is 455 g/mol. The van der Waals surface area contributed by atoms with Crippen molar-refractivity contribution in [2.45, 2.75) is 31.5 Å². The lowest BCUT2D eigenvalue weighted by Gasteiger charge is -2.30. The molecule has 1 saturated heterocycles. The van der Waals surface area contributed by atoms with Crippen LogP contribution in [0.15, 0.2) is 18.2 Å². The van der Waals surface area contributed by atoms with Crippen molar-refractivity contribution in [1.29, 1.82) is 0 Å². The first-order valence-electron chi connectivity index (χ1n) is 10.2. The number of nitrogens with two attached hydrogens (primary N) is 1. The van der Waals surface area contributed by atoms with Gasteiger partial charge in [-0.25, -0.2) is 8.78 Å². The van der Waals surface area contributed by atoms with Crippen LogP contribution in [-0.4, -0.2) is 67.7 Å². The number of carbonyl (C=O) groups excluding carboxylic acids is 3. The van der Waals surface area contributed by atoms with Gasteiger partial charge >= 0.3 is 6.18 Å². The minimum absolute atomic E-state index is 0.107. The van der Waals surface area contributed by atoms with Crippen LogP contribution in [0, 0.1) is 5.92 Å². The van der Waals surface area contributed by atoms with Crippen molar-refractivity contribution in [3.05, 3.63) is 23.8 Å². The van der Waals surface area contributed by atoms with Crippen LogP contribution in [0.4, 0.5) is 33.3 Å². The number of morpholine rings is 1. The Morgan fingerprint density at radius 2 is 1.97 bits per heavy atom. The quantitative estimate of drug-likeness (QED) is 0.418. The fourth-order valence-electron chi connectivity index (χ4n) is 3.60. The van der Waals surface area contributed by atoms with Gasteiger partial charge in [0.1, 0.15) is 6.61 Å². The van der Waals surface area contributed by atoms with Crippen LogP contribution in [0.1, 0.15) is 24.8 Å². The summed E-state index contributed by atoms with van der Waals surface area (Å²) in [6.07, 6.45) is -6.48. The van der Waals surface area contributed by atoms with Crippen LogP contribution in [0.3, 0.4) is 0 Å². The molecule has 2 aliphatic rings. The predicted octanol–water partition coefficient (Wildman–Crippen LogP) is 2.05. The van der Waals surface area contributed by atoms with Crippen LogP contribution in [0.2, 0.25) is 0 Å². The van der Waals surface area contributed by atoms with Gasteiger partial charge in [-0.3, -0.25) is 19.3 Å². The maximum atomic E-state index is 13.7. The molecule has 0 spiro atoms. The van der Waals surface area contributed by atoms with E-state index in [9.17, 15) is 36.3 Å². The normalized spacial score (nSPS) is 18.0. The second kappa shape index (κ2) is 10.00. The van der Waals surface area contributed by atoms with Crippen molar-refractivity contribution < 1.29 is 41.1 Å². The Labute approximate surface area is 185 Å². The molecule has 1 heterocycles. The zero-order chi connectivity index (χ0) is 24.3. The molecule has 0 radical (unpaired) electrons. The van der Waals surface area contributed by atoms with Gasteiger partial charge in [-0.05, 0) is 37.0 Å². The van der Waals surface area contributed by atoms with Crippen molar-refractivity contribution in [3.8, 4) is 0 Å². The zero-order valence-corrected chi connectivity index (χ0v) is 17.4. The number of halogens is 5. The van der Waals surface area contributed by atoms with Gasteiger partial charge in [-0.1, -0.05) is 0 Å². The minimum Gasteiger partial charge on any atom is -0.370 e. The molecule has 1 aromatic rings. The third-order valence-corrected chi connectivity index (χ3v) is 5.28. The van der Waals surface area contributed by atoms with E-state index in [4.69, 9.17) is 10.5 Å². The highest BCUT2D eigenvalue weighted by atomic mass is 19.4. The molecule has 3 N–H and O–H groups in total. The molecule has 1 atom stereocenters. The van der Waals surface area contributed by atoms with E-state index in [1.54, 1.807) is 0 Å². The molecular formula is C20H23F5N4O4. The summed E-state index contributed by atoms with van der Waals surface area (Å²) in [4.78, 5) is 38.5. The summed E-state index contributed by atoms with van der Waals surface area (Å²) >= 11 is 0. The average Bonchev–Trinajstić information content (AvgIpc) is 3.51. The minimum atomic E-state index is -4.71. The largest absolute Gasteiger partial charge is 0.401 e. The number of alkyl halides is 5. The fourth-order valence-corrected chi connectivity index (χ4v) is 3.60. The van der Waals surface area contributed by atoms with E-state index in [1.807, 2.05) is 0 Å². The van der Waals surface area contributed by atoms with Gasteiger partial charge in [-0.2, -0.15) is 13.2 Å². The summed E-state index contributed by atoms with van der Waals surface area (Å²) in [7, 11) is 0. The Hall–Kier alpha value is -2.80. The molecule has 1 aliphatic carbocycles. The zero-order valence-electron chi connectivity index (χ0n) is 17.4. The van der Waals surface area contributed by atoms with E-state index in [2.05, 4.69) is 5.32 Å².